The number of esters is 1. The Morgan fingerprint density at radius 1 is 1.36 bits per heavy atom. The fourth-order valence-corrected chi connectivity index (χ4v) is 3.43. The van der Waals surface area contributed by atoms with Crippen molar-refractivity contribution >= 4 is 50.5 Å². The van der Waals surface area contributed by atoms with Crippen LogP contribution in [0, 0.1) is 5.82 Å². The van der Waals surface area contributed by atoms with Gasteiger partial charge < -0.3 is 10.1 Å². The molecule has 0 unspecified atom stereocenters. The van der Waals surface area contributed by atoms with E-state index in [1.165, 1.54) is 24.4 Å². The standard InChI is InChI=1S/C14H12ClFN2O5S2/c1-7(13(19)18-9-2-3-11(16)10(15)5-9)23-14(20)8-4-12(24-6-8)25(17,21)22/h2-7H,1H3,(H,18,19)(H2,17,21,22)/t7-/m1/s1. The Kier molecular flexibility index (Phi) is 5.78. The monoisotopic (exact) mass is 406 g/mol. The van der Waals surface area contributed by atoms with Crippen LogP contribution in [-0.4, -0.2) is 26.4 Å². The second-order valence-corrected chi connectivity index (χ2v) is 7.97. The van der Waals surface area contributed by atoms with E-state index in [2.05, 4.69) is 5.32 Å². The number of thiophene rings is 1. The Morgan fingerprint density at radius 2 is 2.04 bits per heavy atom. The SMILES string of the molecule is C[C@@H](OC(=O)c1csc(S(N)(=O)=O)c1)C(=O)Nc1ccc(F)c(Cl)c1. The molecule has 2 aromatic rings. The maximum absolute atomic E-state index is 13.1. The number of nitrogens with one attached hydrogen (secondary N) is 1. The molecule has 1 aromatic carbocycles. The molecule has 0 saturated heterocycles. The molecule has 0 aliphatic carbocycles. The number of carbonyl (C=O) groups excluding carboxylic acids is 2. The average molecular weight is 407 g/mol. The molecule has 1 heterocycles. The summed E-state index contributed by atoms with van der Waals surface area (Å²) in [5.41, 5.74) is 0.185. The number of halogens is 2. The maximum Gasteiger partial charge on any atom is 0.339 e. The highest BCUT2D eigenvalue weighted by atomic mass is 35.5. The summed E-state index contributed by atoms with van der Waals surface area (Å²) in [6, 6.07) is 4.65. The van der Waals surface area contributed by atoms with Crippen LogP contribution in [0.2, 0.25) is 5.02 Å². The number of primary sulfonamides is 1. The Hall–Kier alpha value is -2.01. The molecule has 0 aliphatic heterocycles. The number of sulfonamides is 1. The number of amides is 1. The van der Waals surface area contributed by atoms with Crippen LogP contribution in [0.15, 0.2) is 33.9 Å². The summed E-state index contributed by atoms with van der Waals surface area (Å²) in [5, 5.41) is 8.46. The van der Waals surface area contributed by atoms with Crippen molar-refractivity contribution in [2.24, 2.45) is 5.14 Å². The molecule has 0 saturated carbocycles. The van der Waals surface area contributed by atoms with E-state index in [1.807, 2.05) is 0 Å². The van der Waals surface area contributed by atoms with Crippen molar-refractivity contribution in [3.05, 3.63) is 46.0 Å². The highest BCUT2D eigenvalue weighted by Gasteiger charge is 2.22. The zero-order valence-corrected chi connectivity index (χ0v) is 15.0. The quantitative estimate of drug-likeness (QED) is 0.739. The third-order valence-corrected chi connectivity index (χ3v) is 5.61. The van der Waals surface area contributed by atoms with E-state index in [0.717, 1.165) is 23.5 Å². The average Bonchev–Trinajstić information content (AvgIpc) is 3.01. The Morgan fingerprint density at radius 3 is 2.60 bits per heavy atom. The summed E-state index contributed by atoms with van der Waals surface area (Å²) < 4.78 is 40.2. The van der Waals surface area contributed by atoms with Crippen molar-refractivity contribution in [1.29, 1.82) is 0 Å². The molecular weight excluding hydrogens is 395 g/mol. The predicted octanol–water partition coefficient (Wildman–Crippen LogP) is 2.37. The van der Waals surface area contributed by atoms with Crippen LogP contribution in [0.3, 0.4) is 0 Å². The molecule has 1 amide bonds. The van der Waals surface area contributed by atoms with E-state index in [4.69, 9.17) is 21.5 Å². The van der Waals surface area contributed by atoms with Gasteiger partial charge in [-0.3, -0.25) is 4.79 Å². The third-order valence-electron chi connectivity index (χ3n) is 2.93. The molecule has 0 radical (unpaired) electrons. The molecule has 0 bridgehead atoms. The maximum atomic E-state index is 13.1. The van der Waals surface area contributed by atoms with Crippen LogP contribution in [0.25, 0.3) is 0 Å². The number of benzene rings is 1. The summed E-state index contributed by atoms with van der Waals surface area (Å²) in [6.45, 7) is 1.32. The lowest BCUT2D eigenvalue weighted by Crippen LogP contribution is -2.29. The van der Waals surface area contributed by atoms with Gasteiger partial charge in [-0.05, 0) is 31.2 Å². The molecule has 7 nitrogen and oxygen atoms in total. The summed E-state index contributed by atoms with van der Waals surface area (Å²) >= 11 is 6.37. The highest BCUT2D eigenvalue weighted by Crippen LogP contribution is 2.21. The summed E-state index contributed by atoms with van der Waals surface area (Å²) in [6.07, 6.45) is -1.19. The molecule has 134 valence electrons. The minimum Gasteiger partial charge on any atom is -0.449 e. The number of rotatable bonds is 5. The van der Waals surface area contributed by atoms with Crippen LogP contribution in [0.4, 0.5) is 10.1 Å². The summed E-state index contributed by atoms with van der Waals surface area (Å²) in [7, 11) is -3.92. The first-order chi connectivity index (χ1) is 11.6. The lowest BCUT2D eigenvalue weighted by molar-refractivity contribution is -0.123. The van der Waals surface area contributed by atoms with E-state index in [1.54, 1.807) is 0 Å². The number of nitrogens with two attached hydrogens (primary N) is 1. The molecule has 1 atom stereocenters. The normalized spacial score (nSPS) is 12.5. The van der Waals surface area contributed by atoms with E-state index in [9.17, 15) is 22.4 Å². The van der Waals surface area contributed by atoms with Gasteiger partial charge in [0.15, 0.2) is 6.10 Å². The van der Waals surface area contributed by atoms with Gasteiger partial charge in [0.2, 0.25) is 10.0 Å². The van der Waals surface area contributed by atoms with Gasteiger partial charge in [-0.25, -0.2) is 22.7 Å². The highest BCUT2D eigenvalue weighted by molar-refractivity contribution is 7.91. The predicted molar refractivity (Wildman–Crippen MR) is 90.6 cm³/mol. The minimum absolute atomic E-state index is 0.0431. The van der Waals surface area contributed by atoms with Gasteiger partial charge in [-0.15, -0.1) is 11.3 Å². The molecular formula is C14H12ClFN2O5S2. The van der Waals surface area contributed by atoms with Gasteiger partial charge in [0.1, 0.15) is 10.0 Å². The van der Waals surface area contributed by atoms with Crippen molar-refractivity contribution in [1.82, 2.24) is 0 Å². The smallest absolute Gasteiger partial charge is 0.339 e. The van der Waals surface area contributed by atoms with Gasteiger partial charge in [-0.1, -0.05) is 11.6 Å². The van der Waals surface area contributed by atoms with Crippen LogP contribution in [0.5, 0.6) is 0 Å². The topological polar surface area (TPSA) is 116 Å². The third kappa shape index (κ3) is 4.98. The number of hydrogen-bond donors (Lipinski definition) is 2. The number of ether oxygens (including phenoxy) is 1. The molecule has 1 aromatic heterocycles. The van der Waals surface area contributed by atoms with Crippen molar-refractivity contribution < 1.29 is 27.1 Å². The van der Waals surface area contributed by atoms with Crippen LogP contribution in [0.1, 0.15) is 17.3 Å². The Bertz CT molecular complexity index is 929. The number of carbonyl (C=O) groups is 2. The van der Waals surface area contributed by atoms with Gasteiger partial charge in [0, 0.05) is 11.1 Å². The van der Waals surface area contributed by atoms with Crippen LogP contribution in [-0.2, 0) is 19.6 Å². The molecule has 3 N–H and O–H groups in total. The first-order valence-electron chi connectivity index (χ1n) is 6.66. The van der Waals surface area contributed by atoms with E-state index in [-0.39, 0.29) is 20.5 Å². The Balaban J connectivity index is 2.01. The van der Waals surface area contributed by atoms with E-state index >= 15 is 0 Å². The second-order valence-electron chi connectivity index (χ2n) is 4.87. The first-order valence-corrected chi connectivity index (χ1v) is 9.46. The molecule has 0 spiro atoms. The Labute approximate surface area is 151 Å². The van der Waals surface area contributed by atoms with Crippen molar-refractivity contribution in [2.75, 3.05) is 5.32 Å². The van der Waals surface area contributed by atoms with Crippen molar-refractivity contribution in [2.45, 2.75) is 17.2 Å². The zero-order chi connectivity index (χ0) is 18.8. The lowest BCUT2D eigenvalue weighted by Gasteiger charge is -2.13. The first kappa shape index (κ1) is 19.3. The number of hydrogen-bond acceptors (Lipinski definition) is 6. The summed E-state index contributed by atoms with van der Waals surface area (Å²) in [4.78, 5) is 24.0. The summed E-state index contributed by atoms with van der Waals surface area (Å²) in [5.74, 6) is -2.19. The largest absolute Gasteiger partial charge is 0.449 e. The second kappa shape index (κ2) is 7.48. The van der Waals surface area contributed by atoms with Crippen LogP contribution >= 0.6 is 22.9 Å². The van der Waals surface area contributed by atoms with Gasteiger partial charge in [-0.2, -0.15) is 0 Å². The van der Waals surface area contributed by atoms with E-state index in [0.29, 0.717) is 0 Å². The molecule has 11 heteroatoms. The molecule has 0 aliphatic rings. The fourth-order valence-electron chi connectivity index (χ4n) is 1.67. The molecule has 0 fully saturated rings. The molecule has 25 heavy (non-hydrogen) atoms. The lowest BCUT2D eigenvalue weighted by atomic mass is 10.3. The zero-order valence-electron chi connectivity index (χ0n) is 12.7. The van der Waals surface area contributed by atoms with Crippen molar-refractivity contribution in [3.63, 3.8) is 0 Å². The molecule has 2 rings (SSSR count). The minimum atomic E-state index is -3.92. The van der Waals surface area contributed by atoms with Crippen molar-refractivity contribution in [3.8, 4) is 0 Å². The number of anilines is 1. The van der Waals surface area contributed by atoms with Gasteiger partial charge >= 0.3 is 5.97 Å². The van der Waals surface area contributed by atoms with Gasteiger partial charge in [0.25, 0.3) is 5.91 Å². The van der Waals surface area contributed by atoms with E-state index < -0.39 is 33.8 Å². The van der Waals surface area contributed by atoms with Crippen LogP contribution < -0.4 is 10.5 Å². The fraction of sp³-hybridized carbons (Fsp3) is 0.143. The van der Waals surface area contributed by atoms with Gasteiger partial charge in [0.05, 0.1) is 10.6 Å².